The predicted molar refractivity (Wildman–Crippen MR) is 102 cm³/mol. The molecular weight excluding hydrogens is 322 g/mol. The third kappa shape index (κ3) is 5.33. The van der Waals surface area contributed by atoms with Crippen molar-refractivity contribution in [1.29, 1.82) is 0 Å². The van der Waals surface area contributed by atoms with Crippen LogP contribution in [0.5, 0.6) is 0 Å². The minimum absolute atomic E-state index is 0.0380. The van der Waals surface area contributed by atoms with Gasteiger partial charge in [-0.1, -0.05) is 36.4 Å². The number of aliphatic hydroxyl groups excluding tert-OH is 1. The van der Waals surface area contributed by atoms with Gasteiger partial charge in [-0.05, 0) is 43.4 Å². The van der Waals surface area contributed by atoms with Crippen LogP contribution in [0.4, 0.5) is 11.4 Å². The van der Waals surface area contributed by atoms with Gasteiger partial charge in [0.25, 0.3) is 5.91 Å². The summed E-state index contributed by atoms with van der Waals surface area (Å²) in [6.07, 6.45) is 1.24. The fraction of sp³-hybridized carbons (Fsp3) is 0.0556. The Balaban J connectivity index is 2.04. The van der Waals surface area contributed by atoms with Gasteiger partial charge in [0.15, 0.2) is 5.11 Å². The molecule has 0 unspecified atom stereocenters. The number of para-hydroxylation sites is 2. The molecule has 2 aromatic carbocycles. The number of thiocarbonyl (C=S) groups is 1. The average molecular weight is 339 g/mol. The van der Waals surface area contributed by atoms with Crippen LogP contribution < -0.4 is 10.6 Å². The minimum atomic E-state index is -0.465. The Morgan fingerprint density at radius 1 is 1.00 bits per heavy atom. The third-order valence-corrected chi connectivity index (χ3v) is 3.21. The molecule has 0 aliphatic carbocycles. The van der Waals surface area contributed by atoms with Gasteiger partial charge in [-0.2, -0.15) is 0 Å². The van der Waals surface area contributed by atoms with Crippen LogP contribution in [0.3, 0.4) is 0 Å². The van der Waals surface area contributed by atoms with Crippen molar-refractivity contribution in [2.24, 2.45) is 4.99 Å². The van der Waals surface area contributed by atoms with Crippen LogP contribution in [0.1, 0.15) is 6.92 Å². The second-order valence-corrected chi connectivity index (χ2v) is 5.26. The van der Waals surface area contributed by atoms with Crippen LogP contribution in [0.15, 0.2) is 77.0 Å². The summed E-state index contributed by atoms with van der Waals surface area (Å²) in [6, 6.07) is 18.3. The predicted octanol–water partition coefficient (Wildman–Crippen LogP) is 3.92. The molecule has 2 aromatic rings. The Labute approximate surface area is 145 Å². The second kappa shape index (κ2) is 8.59. The summed E-state index contributed by atoms with van der Waals surface area (Å²) >= 11 is 5.11. The highest BCUT2D eigenvalue weighted by atomic mass is 32.1. The van der Waals surface area contributed by atoms with E-state index in [9.17, 15) is 9.90 Å². The van der Waals surface area contributed by atoms with E-state index in [-0.39, 0.29) is 16.4 Å². The topological polar surface area (TPSA) is 73.7 Å². The van der Waals surface area contributed by atoms with E-state index in [1.165, 1.54) is 13.1 Å². The Bertz CT molecular complexity index is 767. The van der Waals surface area contributed by atoms with Crippen LogP contribution in [0, 0.1) is 0 Å². The van der Waals surface area contributed by atoms with E-state index >= 15 is 0 Å². The van der Waals surface area contributed by atoms with Crippen molar-refractivity contribution in [3.63, 3.8) is 0 Å². The largest absolute Gasteiger partial charge is 0.512 e. The van der Waals surface area contributed by atoms with E-state index < -0.39 is 5.91 Å². The van der Waals surface area contributed by atoms with Crippen LogP contribution in [-0.2, 0) is 4.79 Å². The lowest BCUT2D eigenvalue weighted by atomic mass is 10.2. The monoisotopic (exact) mass is 339 g/mol. The van der Waals surface area contributed by atoms with Crippen molar-refractivity contribution in [3.8, 4) is 0 Å². The average Bonchev–Trinajstić information content (AvgIpc) is 2.56. The lowest BCUT2D eigenvalue weighted by molar-refractivity contribution is -0.112. The lowest BCUT2D eigenvalue weighted by Gasteiger charge is -2.07. The van der Waals surface area contributed by atoms with E-state index in [0.29, 0.717) is 5.69 Å². The Hall–Kier alpha value is -2.99. The molecule has 122 valence electrons. The zero-order chi connectivity index (χ0) is 17.4. The molecule has 3 N–H and O–H groups in total. The number of benzene rings is 2. The van der Waals surface area contributed by atoms with Gasteiger partial charge >= 0.3 is 0 Å². The number of nitrogens with zero attached hydrogens (tertiary/aromatic N) is 1. The number of rotatable bonds is 4. The van der Waals surface area contributed by atoms with Crippen molar-refractivity contribution in [2.45, 2.75) is 6.92 Å². The van der Waals surface area contributed by atoms with Crippen molar-refractivity contribution in [1.82, 2.24) is 0 Å². The summed E-state index contributed by atoms with van der Waals surface area (Å²) in [6.45, 7) is 1.42. The fourth-order valence-corrected chi connectivity index (χ4v) is 2.01. The molecule has 0 aliphatic rings. The molecule has 0 heterocycles. The molecular formula is C18H17N3O2S. The van der Waals surface area contributed by atoms with Gasteiger partial charge in [-0.3, -0.25) is 4.79 Å². The van der Waals surface area contributed by atoms with Crippen molar-refractivity contribution < 1.29 is 9.90 Å². The second-order valence-electron chi connectivity index (χ2n) is 4.87. The van der Waals surface area contributed by atoms with Gasteiger partial charge in [0.05, 0.1) is 5.57 Å². The Morgan fingerprint density at radius 2 is 1.50 bits per heavy atom. The van der Waals surface area contributed by atoms with Gasteiger partial charge in [0.1, 0.15) is 5.76 Å². The van der Waals surface area contributed by atoms with Crippen LogP contribution in [0.25, 0.3) is 0 Å². The summed E-state index contributed by atoms with van der Waals surface area (Å²) in [5.41, 5.74) is 1.45. The normalized spacial score (nSPS) is 11.7. The molecule has 5 nitrogen and oxygen atoms in total. The molecule has 6 heteroatoms. The lowest BCUT2D eigenvalue weighted by Crippen LogP contribution is -2.17. The number of anilines is 2. The smallest absolute Gasteiger partial charge is 0.260 e. The van der Waals surface area contributed by atoms with E-state index in [1.807, 2.05) is 36.4 Å². The standard InChI is InChI=1S/C18H17N3O2S/c1-13(22)16(17(23)20-14-8-4-2-5-9-14)12-19-18(24)21-15-10-6-3-7-11-15/h2-12,22H,1H3,(H,20,23)(H,21,24). The molecule has 0 saturated carbocycles. The SMILES string of the molecule is CC(O)=C(C=NC(=S)Nc1ccccc1)C(=O)Nc1ccccc1. The quantitative estimate of drug-likeness (QED) is 0.342. The van der Waals surface area contributed by atoms with Crippen LogP contribution in [0.2, 0.25) is 0 Å². The number of hydrogen-bond donors (Lipinski definition) is 3. The zero-order valence-electron chi connectivity index (χ0n) is 13.1. The first-order valence-corrected chi connectivity index (χ1v) is 7.63. The van der Waals surface area contributed by atoms with Crippen molar-refractivity contribution in [2.75, 3.05) is 10.6 Å². The maximum Gasteiger partial charge on any atom is 0.260 e. The maximum absolute atomic E-state index is 12.2. The number of amides is 1. The van der Waals surface area contributed by atoms with E-state index in [1.54, 1.807) is 24.3 Å². The highest BCUT2D eigenvalue weighted by Crippen LogP contribution is 2.09. The van der Waals surface area contributed by atoms with Gasteiger partial charge < -0.3 is 15.7 Å². The molecule has 0 fully saturated rings. The van der Waals surface area contributed by atoms with Crippen molar-refractivity contribution >= 4 is 40.8 Å². The van der Waals surface area contributed by atoms with Crippen LogP contribution >= 0.6 is 12.2 Å². The Kier molecular flexibility index (Phi) is 6.22. The number of carbonyl (C=O) groups excluding carboxylic acids is 1. The summed E-state index contributed by atoms with van der Waals surface area (Å²) in [7, 11) is 0. The number of hydrogen-bond acceptors (Lipinski definition) is 3. The summed E-state index contributed by atoms with van der Waals surface area (Å²) < 4.78 is 0. The van der Waals surface area contributed by atoms with Gasteiger partial charge in [-0.15, -0.1) is 0 Å². The number of allylic oxidation sites excluding steroid dienone is 1. The number of carbonyl (C=O) groups is 1. The van der Waals surface area contributed by atoms with Crippen molar-refractivity contribution in [3.05, 3.63) is 72.0 Å². The summed E-state index contributed by atoms with van der Waals surface area (Å²) in [4.78, 5) is 16.3. The molecule has 0 aliphatic heterocycles. The molecule has 0 radical (unpaired) electrons. The summed E-state index contributed by atoms with van der Waals surface area (Å²) in [5.74, 6) is -0.609. The minimum Gasteiger partial charge on any atom is -0.512 e. The third-order valence-electron chi connectivity index (χ3n) is 3.00. The zero-order valence-corrected chi connectivity index (χ0v) is 13.9. The molecule has 0 bridgehead atoms. The molecule has 24 heavy (non-hydrogen) atoms. The van der Waals surface area contributed by atoms with Gasteiger partial charge in [0.2, 0.25) is 0 Å². The first kappa shape index (κ1) is 17.4. The first-order chi connectivity index (χ1) is 11.6. The molecule has 0 aromatic heterocycles. The van der Waals surface area contributed by atoms with Gasteiger partial charge in [0, 0.05) is 17.6 Å². The van der Waals surface area contributed by atoms with Gasteiger partial charge in [-0.25, -0.2) is 4.99 Å². The number of aliphatic hydroxyl groups is 1. The molecule has 2 rings (SSSR count). The van der Waals surface area contributed by atoms with E-state index in [4.69, 9.17) is 12.2 Å². The fourth-order valence-electron chi connectivity index (χ4n) is 1.84. The van der Waals surface area contributed by atoms with E-state index in [2.05, 4.69) is 15.6 Å². The van der Waals surface area contributed by atoms with E-state index in [0.717, 1.165) is 5.69 Å². The number of aliphatic imine (C=N–C) groups is 1. The number of nitrogens with one attached hydrogen (secondary N) is 2. The highest BCUT2D eigenvalue weighted by molar-refractivity contribution is 7.80. The van der Waals surface area contributed by atoms with Crippen LogP contribution in [-0.4, -0.2) is 22.3 Å². The molecule has 0 saturated heterocycles. The molecule has 0 atom stereocenters. The first-order valence-electron chi connectivity index (χ1n) is 7.22. The molecule has 0 spiro atoms. The molecule has 1 amide bonds. The maximum atomic E-state index is 12.2. The highest BCUT2D eigenvalue weighted by Gasteiger charge is 2.11. The summed E-state index contributed by atoms with van der Waals surface area (Å²) in [5, 5.41) is 15.5. The Morgan fingerprint density at radius 3 is 2.00 bits per heavy atom.